The molecule has 1 aromatic heterocycles. The number of pyridine rings is 1. The molecule has 0 saturated heterocycles. The van der Waals surface area contributed by atoms with Crippen molar-refractivity contribution in [1.82, 2.24) is 4.98 Å². The molecular formula is C24H25N2P. The van der Waals surface area contributed by atoms with Crippen molar-refractivity contribution in [2.45, 2.75) is 31.2 Å². The van der Waals surface area contributed by atoms with E-state index in [2.05, 4.69) is 81.4 Å². The zero-order chi connectivity index (χ0) is 18.2. The van der Waals surface area contributed by atoms with Crippen LogP contribution >= 0.6 is 9.24 Å². The molecule has 1 heterocycles. The summed E-state index contributed by atoms with van der Waals surface area (Å²) in [5.41, 5.74) is 6.99. The second-order valence-electron chi connectivity index (χ2n) is 7.79. The Bertz CT molecular complexity index is 936. The molecule has 0 spiro atoms. The Hall–Kier alpha value is -2.18. The van der Waals surface area contributed by atoms with Gasteiger partial charge in [0.25, 0.3) is 0 Å². The molecule has 0 bridgehead atoms. The quantitative estimate of drug-likeness (QED) is 0.570. The summed E-state index contributed by atoms with van der Waals surface area (Å²) in [6.45, 7) is 0. The zero-order valence-electron chi connectivity index (χ0n) is 15.4. The third-order valence-corrected chi connectivity index (χ3v) is 6.72. The normalized spacial score (nSPS) is 23.1. The van der Waals surface area contributed by atoms with Crippen LogP contribution in [0.15, 0.2) is 66.9 Å². The predicted octanol–water partition coefficient (Wildman–Crippen LogP) is 5.83. The number of aromatic nitrogens is 1. The van der Waals surface area contributed by atoms with Gasteiger partial charge in [0.1, 0.15) is 5.82 Å². The highest BCUT2D eigenvalue weighted by atomic mass is 31.0. The summed E-state index contributed by atoms with van der Waals surface area (Å²) in [6, 6.07) is 22.2. The fraction of sp³-hybridized carbons (Fsp3) is 0.292. The van der Waals surface area contributed by atoms with E-state index in [1.165, 1.54) is 40.4 Å². The third kappa shape index (κ3) is 3.28. The Morgan fingerprint density at radius 2 is 1.89 bits per heavy atom. The van der Waals surface area contributed by atoms with Gasteiger partial charge in [0, 0.05) is 6.20 Å². The van der Waals surface area contributed by atoms with Gasteiger partial charge in [-0.15, -0.1) is 9.24 Å². The topological polar surface area (TPSA) is 24.9 Å². The van der Waals surface area contributed by atoms with E-state index in [4.69, 9.17) is 4.98 Å². The van der Waals surface area contributed by atoms with E-state index >= 15 is 0 Å². The molecule has 2 aliphatic rings. The fourth-order valence-corrected chi connectivity index (χ4v) is 5.02. The minimum absolute atomic E-state index is 0.350. The highest BCUT2D eigenvalue weighted by molar-refractivity contribution is 7.16. The largest absolute Gasteiger partial charge is 0.363 e. The summed E-state index contributed by atoms with van der Waals surface area (Å²) in [4.78, 5) is 4.71. The van der Waals surface area contributed by atoms with Gasteiger partial charge in [-0.05, 0) is 71.1 Å². The smallest absolute Gasteiger partial charge is 0.126 e. The maximum atomic E-state index is 4.71. The van der Waals surface area contributed by atoms with Crippen LogP contribution in [0.1, 0.15) is 41.5 Å². The minimum Gasteiger partial charge on any atom is -0.363 e. The van der Waals surface area contributed by atoms with Gasteiger partial charge in [-0.25, -0.2) is 4.98 Å². The molecule has 2 aromatic carbocycles. The van der Waals surface area contributed by atoms with E-state index in [1.54, 1.807) is 0 Å². The predicted molar refractivity (Wildman–Crippen MR) is 116 cm³/mol. The number of hydrogen-bond donors (Lipinski definition) is 1. The molecular weight excluding hydrogens is 347 g/mol. The van der Waals surface area contributed by atoms with Crippen LogP contribution in [0.4, 0.5) is 5.82 Å². The second kappa shape index (κ2) is 7.09. The molecule has 136 valence electrons. The molecule has 1 fully saturated rings. The van der Waals surface area contributed by atoms with Crippen LogP contribution in [0.2, 0.25) is 0 Å². The molecule has 1 N–H and O–H groups in total. The van der Waals surface area contributed by atoms with Gasteiger partial charge in [0.2, 0.25) is 0 Å². The molecule has 2 aliphatic carbocycles. The van der Waals surface area contributed by atoms with E-state index in [1.807, 2.05) is 0 Å². The van der Waals surface area contributed by atoms with Crippen LogP contribution in [0.25, 0.3) is 11.1 Å². The first-order valence-electron chi connectivity index (χ1n) is 9.93. The number of benzene rings is 2. The van der Waals surface area contributed by atoms with E-state index in [0.29, 0.717) is 6.04 Å². The first kappa shape index (κ1) is 17.0. The molecule has 0 amide bonds. The van der Waals surface area contributed by atoms with Crippen LogP contribution < -0.4 is 5.32 Å². The van der Waals surface area contributed by atoms with Crippen molar-refractivity contribution in [3.63, 3.8) is 0 Å². The SMILES string of the molecule is PCC1CC1c1ccc(NC2CCc3c(-c4ccccc4)cccc32)nc1. The van der Waals surface area contributed by atoms with Crippen LogP contribution in [-0.2, 0) is 6.42 Å². The van der Waals surface area contributed by atoms with Gasteiger partial charge in [-0.3, -0.25) is 0 Å². The van der Waals surface area contributed by atoms with Crippen molar-refractivity contribution in [3.8, 4) is 11.1 Å². The number of nitrogens with zero attached hydrogens (tertiary/aromatic N) is 1. The fourth-order valence-electron chi connectivity index (χ4n) is 4.50. The number of anilines is 1. The monoisotopic (exact) mass is 372 g/mol. The van der Waals surface area contributed by atoms with Crippen molar-refractivity contribution < 1.29 is 0 Å². The molecule has 4 unspecified atom stereocenters. The van der Waals surface area contributed by atoms with Crippen molar-refractivity contribution >= 4 is 15.1 Å². The number of hydrogen-bond acceptors (Lipinski definition) is 2. The number of rotatable bonds is 5. The Morgan fingerprint density at radius 3 is 2.63 bits per heavy atom. The van der Waals surface area contributed by atoms with Gasteiger partial charge < -0.3 is 5.32 Å². The Kier molecular flexibility index (Phi) is 4.45. The first-order valence-corrected chi connectivity index (χ1v) is 10.7. The first-order chi connectivity index (χ1) is 13.3. The summed E-state index contributed by atoms with van der Waals surface area (Å²) >= 11 is 0. The summed E-state index contributed by atoms with van der Waals surface area (Å²) in [5, 5.41) is 3.67. The standard InChI is InChI=1S/C24H25N2P/c27-15-18-13-22(18)17-9-12-24(25-14-17)26-23-11-10-20-19(7-4-8-21(20)23)16-5-2-1-3-6-16/h1-9,12,14,18,22-23H,10-11,13,15,27H2,(H,25,26). The average Bonchev–Trinajstić information content (AvgIpc) is 3.42. The Labute approximate surface area is 163 Å². The maximum Gasteiger partial charge on any atom is 0.126 e. The average molecular weight is 372 g/mol. The van der Waals surface area contributed by atoms with Gasteiger partial charge in [-0.1, -0.05) is 54.6 Å². The molecule has 0 radical (unpaired) electrons. The summed E-state index contributed by atoms with van der Waals surface area (Å²) in [5.74, 6) is 2.56. The molecule has 2 nitrogen and oxygen atoms in total. The van der Waals surface area contributed by atoms with Gasteiger partial charge in [0.15, 0.2) is 0 Å². The Morgan fingerprint density at radius 1 is 1.00 bits per heavy atom. The lowest BCUT2D eigenvalue weighted by molar-refractivity contribution is 0.757. The van der Waals surface area contributed by atoms with E-state index in [9.17, 15) is 0 Å². The maximum absolute atomic E-state index is 4.71. The summed E-state index contributed by atoms with van der Waals surface area (Å²) in [6.07, 6.45) is 6.83. The van der Waals surface area contributed by atoms with Crippen molar-refractivity contribution in [3.05, 3.63) is 83.6 Å². The highest BCUT2D eigenvalue weighted by Gasteiger charge is 2.36. The van der Waals surface area contributed by atoms with E-state index < -0.39 is 0 Å². The third-order valence-electron chi connectivity index (χ3n) is 6.12. The lowest BCUT2D eigenvalue weighted by Gasteiger charge is -2.16. The van der Waals surface area contributed by atoms with Gasteiger partial charge in [-0.2, -0.15) is 0 Å². The number of nitrogens with one attached hydrogen (secondary N) is 1. The van der Waals surface area contributed by atoms with Crippen LogP contribution in [0.3, 0.4) is 0 Å². The molecule has 27 heavy (non-hydrogen) atoms. The van der Waals surface area contributed by atoms with Crippen LogP contribution in [0, 0.1) is 5.92 Å². The summed E-state index contributed by atoms with van der Waals surface area (Å²) < 4.78 is 0. The van der Waals surface area contributed by atoms with Crippen molar-refractivity contribution in [1.29, 1.82) is 0 Å². The molecule has 3 aromatic rings. The van der Waals surface area contributed by atoms with E-state index in [-0.39, 0.29) is 0 Å². The molecule has 3 heteroatoms. The molecule has 1 saturated carbocycles. The zero-order valence-corrected chi connectivity index (χ0v) is 16.6. The van der Waals surface area contributed by atoms with Crippen molar-refractivity contribution in [2.24, 2.45) is 5.92 Å². The lowest BCUT2D eigenvalue weighted by Crippen LogP contribution is -2.08. The molecule has 0 aliphatic heterocycles. The number of fused-ring (bicyclic) bond motifs is 1. The van der Waals surface area contributed by atoms with Crippen LogP contribution in [-0.4, -0.2) is 11.1 Å². The minimum atomic E-state index is 0.350. The molecule has 5 rings (SSSR count). The van der Waals surface area contributed by atoms with Crippen molar-refractivity contribution in [2.75, 3.05) is 11.5 Å². The van der Waals surface area contributed by atoms with Crippen LogP contribution in [0.5, 0.6) is 0 Å². The second-order valence-corrected chi connectivity index (χ2v) is 8.26. The van der Waals surface area contributed by atoms with E-state index in [0.717, 1.165) is 30.5 Å². The van der Waals surface area contributed by atoms with Gasteiger partial charge in [0.05, 0.1) is 6.04 Å². The molecule has 4 atom stereocenters. The highest BCUT2D eigenvalue weighted by Crippen LogP contribution is 2.48. The van der Waals surface area contributed by atoms with Gasteiger partial charge >= 0.3 is 0 Å². The summed E-state index contributed by atoms with van der Waals surface area (Å²) in [7, 11) is 2.87. The Balaban J connectivity index is 1.36. The lowest BCUT2D eigenvalue weighted by atomic mass is 9.96.